The lowest BCUT2D eigenvalue weighted by Crippen LogP contribution is -2.42. The van der Waals surface area contributed by atoms with E-state index >= 15 is 4.39 Å². The van der Waals surface area contributed by atoms with Gasteiger partial charge in [0.05, 0.1) is 23.9 Å². The summed E-state index contributed by atoms with van der Waals surface area (Å²) in [5, 5.41) is 16.2. The molecular formula is C24H19F2N5S. The number of hydrogen-bond donors (Lipinski definition) is 0. The molecule has 2 aromatic heterocycles. The van der Waals surface area contributed by atoms with Gasteiger partial charge in [-0.25, -0.2) is 18.7 Å². The Morgan fingerprint density at radius 3 is 2.59 bits per heavy atom. The number of nitriles is 1. The fraction of sp³-hybridized carbons (Fsp3) is 0.250. The molecule has 0 saturated heterocycles. The highest BCUT2D eigenvalue weighted by Gasteiger charge is 2.61. The molecule has 1 aliphatic rings. The Kier molecular flexibility index (Phi) is 4.86. The molecule has 4 aromatic rings. The van der Waals surface area contributed by atoms with E-state index in [2.05, 4.69) is 16.2 Å². The van der Waals surface area contributed by atoms with Crippen LogP contribution in [-0.4, -0.2) is 19.7 Å². The molecule has 2 aromatic carbocycles. The van der Waals surface area contributed by atoms with Crippen LogP contribution >= 0.6 is 11.3 Å². The molecule has 0 N–H and O–H groups in total. The number of nitrogens with zero attached hydrogens (tertiary/aromatic N) is 5. The maximum atomic E-state index is 15.1. The second-order valence-electron chi connectivity index (χ2n) is 8.36. The van der Waals surface area contributed by atoms with Crippen molar-refractivity contribution in [3.05, 3.63) is 88.3 Å². The molecule has 1 fully saturated rings. The van der Waals surface area contributed by atoms with Crippen molar-refractivity contribution in [2.45, 2.75) is 37.1 Å². The van der Waals surface area contributed by atoms with E-state index in [4.69, 9.17) is 10.2 Å². The quantitative estimate of drug-likeness (QED) is 0.405. The van der Waals surface area contributed by atoms with Crippen molar-refractivity contribution >= 4 is 11.3 Å². The first-order valence-electron chi connectivity index (χ1n) is 10.2. The molecule has 1 atom stereocenters. The lowest BCUT2D eigenvalue weighted by molar-refractivity contribution is 0.280. The fourth-order valence-corrected chi connectivity index (χ4v) is 5.76. The van der Waals surface area contributed by atoms with Crippen LogP contribution in [-0.2, 0) is 17.4 Å². The van der Waals surface area contributed by atoms with Gasteiger partial charge in [-0.2, -0.15) is 10.4 Å². The predicted octanol–water partition coefficient (Wildman–Crippen LogP) is 5.24. The first-order chi connectivity index (χ1) is 15.4. The van der Waals surface area contributed by atoms with Crippen LogP contribution in [0.2, 0.25) is 0 Å². The Labute approximate surface area is 188 Å². The summed E-state index contributed by atoms with van der Waals surface area (Å²) in [5.41, 5.74) is 1.68. The van der Waals surface area contributed by atoms with E-state index in [-0.39, 0.29) is 0 Å². The third-order valence-electron chi connectivity index (χ3n) is 6.50. The van der Waals surface area contributed by atoms with E-state index in [1.807, 2.05) is 24.4 Å². The Morgan fingerprint density at radius 2 is 1.97 bits per heavy atom. The Bertz CT molecular complexity index is 1300. The topological polar surface area (TPSA) is 67.4 Å². The molecule has 5 nitrogen and oxygen atoms in total. The second-order valence-corrected chi connectivity index (χ2v) is 9.22. The normalized spacial score (nSPS) is 16.3. The summed E-state index contributed by atoms with van der Waals surface area (Å²) < 4.78 is 30.4. The average molecular weight is 448 g/mol. The van der Waals surface area contributed by atoms with Crippen molar-refractivity contribution in [2.75, 3.05) is 0 Å². The van der Waals surface area contributed by atoms with Crippen molar-refractivity contribution in [3.63, 3.8) is 0 Å². The van der Waals surface area contributed by atoms with E-state index in [9.17, 15) is 4.39 Å². The number of aromatic nitrogens is 4. The zero-order valence-electron chi connectivity index (χ0n) is 17.3. The minimum Gasteiger partial charge on any atom is -0.252 e. The largest absolute Gasteiger partial charge is 0.252 e. The Hall–Kier alpha value is -3.44. The number of hydrogen-bond acceptors (Lipinski definition) is 5. The molecule has 1 aliphatic carbocycles. The SMILES string of the molecule is C[C@@](Cn1cncn1)(c1ccc(F)cc1F)C1(c2nc(-c3ccc(C#N)cc3)cs2)CC1. The number of thiazole rings is 1. The van der Waals surface area contributed by atoms with Crippen LogP contribution in [0.4, 0.5) is 8.78 Å². The molecule has 160 valence electrons. The predicted molar refractivity (Wildman–Crippen MR) is 117 cm³/mol. The third kappa shape index (κ3) is 3.30. The molecule has 0 aliphatic heterocycles. The van der Waals surface area contributed by atoms with Gasteiger partial charge in [-0.05, 0) is 36.6 Å². The van der Waals surface area contributed by atoms with Crippen LogP contribution in [0, 0.1) is 23.0 Å². The van der Waals surface area contributed by atoms with Gasteiger partial charge in [-0.1, -0.05) is 25.1 Å². The van der Waals surface area contributed by atoms with Gasteiger partial charge in [-0.15, -0.1) is 11.3 Å². The summed E-state index contributed by atoms with van der Waals surface area (Å²) in [6.45, 7) is 2.39. The first-order valence-corrected chi connectivity index (χ1v) is 11.1. The second kappa shape index (κ2) is 7.61. The molecular weight excluding hydrogens is 428 g/mol. The molecule has 8 heteroatoms. The highest BCUT2D eigenvalue weighted by atomic mass is 32.1. The summed E-state index contributed by atoms with van der Waals surface area (Å²) in [6.07, 6.45) is 4.75. The third-order valence-corrected chi connectivity index (χ3v) is 7.55. The summed E-state index contributed by atoms with van der Waals surface area (Å²) >= 11 is 1.55. The van der Waals surface area contributed by atoms with Gasteiger partial charge in [-0.3, -0.25) is 4.68 Å². The van der Waals surface area contributed by atoms with E-state index in [1.165, 1.54) is 18.5 Å². The summed E-state index contributed by atoms with van der Waals surface area (Å²) in [5.74, 6) is -1.17. The van der Waals surface area contributed by atoms with Crippen LogP contribution < -0.4 is 0 Å². The molecule has 32 heavy (non-hydrogen) atoms. The monoisotopic (exact) mass is 447 g/mol. The first kappa shape index (κ1) is 20.5. The fourth-order valence-electron chi connectivity index (χ4n) is 4.54. The molecule has 0 radical (unpaired) electrons. The van der Waals surface area contributed by atoms with Crippen LogP contribution in [0.5, 0.6) is 0 Å². The van der Waals surface area contributed by atoms with Crippen LogP contribution in [0.25, 0.3) is 11.3 Å². The minimum absolute atomic E-state index is 0.390. The molecule has 0 amide bonds. The highest BCUT2D eigenvalue weighted by molar-refractivity contribution is 7.10. The number of rotatable bonds is 6. The van der Waals surface area contributed by atoms with Crippen LogP contribution in [0.1, 0.15) is 35.9 Å². The number of benzene rings is 2. The van der Waals surface area contributed by atoms with Gasteiger partial charge in [0, 0.05) is 27.8 Å². The van der Waals surface area contributed by atoms with Crippen LogP contribution in [0.15, 0.2) is 60.5 Å². The molecule has 1 saturated carbocycles. The summed E-state index contributed by atoms with van der Waals surface area (Å²) in [6, 6.07) is 13.2. The van der Waals surface area contributed by atoms with Gasteiger partial charge in [0.25, 0.3) is 0 Å². The molecule has 0 bridgehead atoms. The van der Waals surface area contributed by atoms with E-state index < -0.39 is 22.5 Å². The lowest BCUT2D eigenvalue weighted by atomic mass is 9.69. The molecule has 5 rings (SSSR count). The van der Waals surface area contributed by atoms with Gasteiger partial charge in [0.1, 0.15) is 29.3 Å². The molecule has 2 heterocycles. The number of halogens is 2. The van der Waals surface area contributed by atoms with Crippen molar-refractivity contribution in [1.82, 2.24) is 19.7 Å². The van der Waals surface area contributed by atoms with Gasteiger partial charge >= 0.3 is 0 Å². The Morgan fingerprint density at radius 1 is 1.19 bits per heavy atom. The van der Waals surface area contributed by atoms with Crippen molar-refractivity contribution in [3.8, 4) is 17.3 Å². The maximum absolute atomic E-state index is 15.1. The van der Waals surface area contributed by atoms with Crippen molar-refractivity contribution in [2.24, 2.45) is 0 Å². The van der Waals surface area contributed by atoms with Gasteiger partial charge in [0.15, 0.2) is 0 Å². The lowest BCUT2D eigenvalue weighted by Gasteiger charge is -2.38. The van der Waals surface area contributed by atoms with E-state index in [0.29, 0.717) is 17.7 Å². The highest BCUT2D eigenvalue weighted by Crippen LogP contribution is 2.62. The minimum atomic E-state index is -0.710. The van der Waals surface area contributed by atoms with Crippen molar-refractivity contribution in [1.29, 1.82) is 5.26 Å². The molecule has 0 spiro atoms. The smallest absolute Gasteiger partial charge is 0.137 e. The zero-order valence-corrected chi connectivity index (χ0v) is 18.1. The van der Waals surface area contributed by atoms with E-state index in [0.717, 1.165) is 35.2 Å². The van der Waals surface area contributed by atoms with Crippen LogP contribution in [0.3, 0.4) is 0 Å². The average Bonchev–Trinajstić information content (AvgIpc) is 3.19. The van der Waals surface area contributed by atoms with Gasteiger partial charge in [0.2, 0.25) is 0 Å². The standard InChI is InChI=1S/C24H19F2N5S/c1-23(13-31-15-28-14-29-31,19-7-6-18(25)10-20(19)26)24(8-9-24)22-30-21(12-32-22)17-4-2-16(11-27)3-5-17/h2-7,10,12,14-15H,8-9,13H2,1H3/t23-/m1/s1. The van der Waals surface area contributed by atoms with Crippen molar-refractivity contribution < 1.29 is 8.78 Å². The van der Waals surface area contributed by atoms with Gasteiger partial charge < -0.3 is 0 Å². The summed E-state index contributed by atoms with van der Waals surface area (Å²) in [7, 11) is 0. The maximum Gasteiger partial charge on any atom is 0.137 e. The summed E-state index contributed by atoms with van der Waals surface area (Å²) in [4.78, 5) is 8.96. The Balaban J connectivity index is 1.58. The van der Waals surface area contributed by atoms with E-state index in [1.54, 1.807) is 34.5 Å². The zero-order chi connectivity index (χ0) is 22.3. The molecule has 0 unspecified atom stereocenters.